The molecule has 1 aliphatic rings. The molecule has 146 valence electrons. The van der Waals surface area contributed by atoms with Crippen LogP contribution >= 0.6 is 23.8 Å². The van der Waals surface area contributed by atoms with Crippen LogP contribution in [-0.2, 0) is 9.59 Å². The predicted octanol–water partition coefficient (Wildman–Crippen LogP) is 4.48. The third kappa shape index (κ3) is 3.50. The van der Waals surface area contributed by atoms with E-state index in [1.54, 1.807) is 18.2 Å². The third-order valence-corrected chi connectivity index (χ3v) is 5.55. The molecule has 0 aliphatic carbocycles. The summed E-state index contributed by atoms with van der Waals surface area (Å²) in [6.45, 7) is 10.0. The van der Waals surface area contributed by atoms with Crippen LogP contribution in [0.2, 0.25) is 5.02 Å². The molecule has 2 aromatic rings. The van der Waals surface area contributed by atoms with Crippen LogP contribution in [0.3, 0.4) is 0 Å². The van der Waals surface area contributed by atoms with E-state index in [9.17, 15) is 9.59 Å². The minimum Gasteiger partial charge on any atom is -0.346 e. The zero-order valence-corrected chi connectivity index (χ0v) is 18.0. The second kappa shape index (κ2) is 7.53. The molecule has 1 aliphatic heterocycles. The molecule has 1 saturated heterocycles. The molecule has 5 nitrogen and oxygen atoms in total. The Labute approximate surface area is 175 Å². The van der Waals surface area contributed by atoms with E-state index < -0.39 is 11.8 Å². The first-order valence-electron chi connectivity index (χ1n) is 8.98. The molecule has 28 heavy (non-hydrogen) atoms. The number of benzene rings is 1. The predicted molar refractivity (Wildman–Crippen MR) is 117 cm³/mol. The average Bonchev–Trinajstić information content (AvgIpc) is 2.88. The highest BCUT2D eigenvalue weighted by Crippen LogP contribution is 2.28. The zero-order valence-electron chi connectivity index (χ0n) is 16.5. The van der Waals surface area contributed by atoms with Gasteiger partial charge in [-0.05, 0) is 82.2 Å². The molecule has 0 atom stereocenters. The van der Waals surface area contributed by atoms with E-state index in [1.807, 2.05) is 32.9 Å². The summed E-state index contributed by atoms with van der Waals surface area (Å²) in [5.74, 6) is -0.971. The summed E-state index contributed by atoms with van der Waals surface area (Å²) in [5, 5.41) is 3.17. The van der Waals surface area contributed by atoms with Gasteiger partial charge in [0, 0.05) is 22.5 Å². The summed E-state index contributed by atoms with van der Waals surface area (Å²) in [4.78, 5) is 27.0. The fourth-order valence-electron chi connectivity index (χ4n) is 3.51. The lowest BCUT2D eigenvalue weighted by molar-refractivity contribution is -0.122. The number of halogens is 1. The largest absolute Gasteiger partial charge is 0.346 e. The van der Waals surface area contributed by atoms with E-state index in [0.29, 0.717) is 10.7 Å². The van der Waals surface area contributed by atoms with E-state index in [2.05, 4.69) is 23.7 Å². The highest BCUT2D eigenvalue weighted by molar-refractivity contribution is 7.80. The maximum Gasteiger partial charge on any atom is 0.270 e. The molecular formula is C21H22ClN3O2S. The van der Waals surface area contributed by atoms with E-state index in [1.165, 1.54) is 4.90 Å². The number of anilines is 1. The molecule has 1 aromatic carbocycles. The lowest BCUT2D eigenvalue weighted by Crippen LogP contribution is -2.54. The van der Waals surface area contributed by atoms with Gasteiger partial charge in [0.05, 0.1) is 5.69 Å². The first-order chi connectivity index (χ1) is 13.1. The first kappa shape index (κ1) is 20.3. The van der Waals surface area contributed by atoms with Crippen molar-refractivity contribution in [3.8, 4) is 0 Å². The lowest BCUT2D eigenvalue weighted by atomic mass is 10.1. The number of thiocarbonyl (C=S) groups is 1. The van der Waals surface area contributed by atoms with Gasteiger partial charge in [0.15, 0.2) is 5.11 Å². The minimum atomic E-state index is -0.501. The smallest absolute Gasteiger partial charge is 0.270 e. The number of nitrogens with one attached hydrogen (secondary N) is 1. The van der Waals surface area contributed by atoms with Crippen LogP contribution in [-0.4, -0.2) is 21.5 Å². The molecule has 1 aromatic heterocycles. The van der Waals surface area contributed by atoms with Crippen LogP contribution in [0.1, 0.15) is 42.4 Å². The number of carbonyl (C=O) groups excluding carboxylic acids is 2. The zero-order chi connectivity index (χ0) is 20.7. The van der Waals surface area contributed by atoms with E-state index in [4.69, 9.17) is 23.8 Å². The summed E-state index contributed by atoms with van der Waals surface area (Å²) >= 11 is 11.4. The van der Waals surface area contributed by atoms with Gasteiger partial charge >= 0.3 is 0 Å². The Morgan fingerprint density at radius 3 is 2.39 bits per heavy atom. The maximum absolute atomic E-state index is 13.1. The first-order valence-corrected chi connectivity index (χ1v) is 9.76. The molecule has 1 N–H and O–H groups in total. The van der Waals surface area contributed by atoms with E-state index >= 15 is 0 Å². The second-order valence-corrected chi connectivity index (χ2v) is 7.98. The summed E-state index contributed by atoms with van der Waals surface area (Å²) in [6, 6.07) is 7.49. The van der Waals surface area contributed by atoms with Crippen LogP contribution in [0.4, 0.5) is 5.69 Å². The third-order valence-electron chi connectivity index (χ3n) is 4.86. The molecule has 1 fully saturated rings. The van der Waals surface area contributed by atoms with Gasteiger partial charge in [-0.3, -0.25) is 19.8 Å². The molecule has 0 saturated carbocycles. The molecule has 0 unspecified atom stereocenters. The Morgan fingerprint density at radius 2 is 1.82 bits per heavy atom. The second-order valence-electron chi connectivity index (χ2n) is 7.18. The van der Waals surface area contributed by atoms with Gasteiger partial charge in [0.1, 0.15) is 5.57 Å². The van der Waals surface area contributed by atoms with Gasteiger partial charge in [-0.1, -0.05) is 17.7 Å². The summed E-state index contributed by atoms with van der Waals surface area (Å²) in [5.41, 5.74) is 4.35. The standard InChI is InChI=1S/C21H22ClN3O2S/c1-11(2)24-13(4)8-15(14(24)5)9-17-19(26)23-21(28)25(20(17)27)16-7-6-12(3)18(22)10-16/h6-11H,1-5H3,(H,23,26,28)/b17-9+. The van der Waals surface area contributed by atoms with Crippen molar-refractivity contribution in [2.24, 2.45) is 0 Å². The topological polar surface area (TPSA) is 54.3 Å². The van der Waals surface area contributed by atoms with Crippen molar-refractivity contribution in [1.82, 2.24) is 9.88 Å². The fourth-order valence-corrected chi connectivity index (χ4v) is 3.97. The normalized spacial score (nSPS) is 16.3. The Bertz CT molecular complexity index is 1040. The van der Waals surface area contributed by atoms with Crippen LogP contribution in [0.25, 0.3) is 6.08 Å². The Morgan fingerprint density at radius 1 is 1.14 bits per heavy atom. The number of aromatic nitrogens is 1. The molecular weight excluding hydrogens is 394 g/mol. The van der Waals surface area contributed by atoms with Crippen molar-refractivity contribution in [3.05, 3.63) is 57.4 Å². The molecule has 3 rings (SSSR count). The lowest BCUT2D eigenvalue weighted by Gasteiger charge is -2.29. The van der Waals surface area contributed by atoms with Gasteiger partial charge in [0.25, 0.3) is 11.8 Å². The highest BCUT2D eigenvalue weighted by Gasteiger charge is 2.35. The summed E-state index contributed by atoms with van der Waals surface area (Å²) < 4.78 is 2.17. The monoisotopic (exact) mass is 415 g/mol. The number of amides is 2. The fraction of sp³-hybridized carbons (Fsp3) is 0.286. The molecule has 0 bridgehead atoms. The van der Waals surface area contributed by atoms with Crippen LogP contribution in [0.15, 0.2) is 29.8 Å². The van der Waals surface area contributed by atoms with Gasteiger partial charge in [-0.25, -0.2) is 0 Å². The van der Waals surface area contributed by atoms with Crippen molar-refractivity contribution in [1.29, 1.82) is 0 Å². The molecule has 2 amide bonds. The van der Waals surface area contributed by atoms with Crippen molar-refractivity contribution < 1.29 is 9.59 Å². The maximum atomic E-state index is 13.1. The average molecular weight is 416 g/mol. The number of hydrogen-bond acceptors (Lipinski definition) is 3. The van der Waals surface area contributed by atoms with Crippen molar-refractivity contribution in [2.75, 3.05) is 4.90 Å². The Balaban J connectivity index is 2.06. The van der Waals surface area contributed by atoms with Gasteiger partial charge in [-0.2, -0.15) is 0 Å². The molecule has 0 radical (unpaired) electrons. The highest BCUT2D eigenvalue weighted by atomic mass is 35.5. The number of carbonyl (C=O) groups is 2. The minimum absolute atomic E-state index is 0.0364. The van der Waals surface area contributed by atoms with Crippen LogP contribution in [0, 0.1) is 20.8 Å². The van der Waals surface area contributed by atoms with Gasteiger partial charge < -0.3 is 4.57 Å². The van der Waals surface area contributed by atoms with E-state index in [-0.39, 0.29) is 16.7 Å². The van der Waals surface area contributed by atoms with Gasteiger partial charge in [0.2, 0.25) is 0 Å². The Hall–Kier alpha value is -2.44. The molecule has 7 heteroatoms. The number of hydrogen-bond donors (Lipinski definition) is 1. The van der Waals surface area contributed by atoms with E-state index in [0.717, 1.165) is 22.5 Å². The van der Waals surface area contributed by atoms with Crippen LogP contribution < -0.4 is 10.2 Å². The van der Waals surface area contributed by atoms with Crippen molar-refractivity contribution >= 4 is 52.5 Å². The number of nitrogens with zero attached hydrogens (tertiary/aromatic N) is 2. The number of rotatable bonds is 3. The van der Waals surface area contributed by atoms with Crippen LogP contribution in [0.5, 0.6) is 0 Å². The van der Waals surface area contributed by atoms with Crippen molar-refractivity contribution in [3.63, 3.8) is 0 Å². The summed E-state index contributed by atoms with van der Waals surface area (Å²) in [6.07, 6.45) is 1.63. The Kier molecular flexibility index (Phi) is 5.46. The summed E-state index contributed by atoms with van der Waals surface area (Å²) in [7, 11) is 0. The number of aryl methyl sites for hydroxylation is 2. The van der Waals surface area contributed by atoms with Gasteiger partial charge in [-0.15, -0.1) is 0 Å². The SMILES string of the molecule is Cc1ccc(N2C(=O)/C(=C/c3cc(C)n(C(C)C)c3C)C(=O)NC2=S)cc1Cl. The van der Waals surface area contributed by atoms with Crippen molar-refractivity contribution in [2.45, 2.75) is 40.7 Å². The quantitative estimate of drug-likeness (QED) is 0.457. The molecule has 0 spiro atoms. The molecule has 2 heterocycles.